The number of fused-ring (bicyclic) bond motifs is 5. The Morgan fingerprint density at radius 1 is 0.875 bits per heavy atom. The van der Waals surface area contributed by atoms with E-state index in [9.17, 15) is 9.59 Å². The highest BCUT2D eigenvalue weighted by Crippen LogP contribution is 2.35. The molecule has 2 heterocycles. The van der Waals surface area contributed by atoms with E-state index < -0.39 is 0 Å². The molecule has 6 rings (SSSR count). The van der Waals surface area contributed by atoms with E-state index in [0.717, 1.165) is 22.2 Å². The highest BCUT2D eigenvalue weighted by atomic mass is 16.5. The number of aromatic nitrogens is 3. The molecule has 3 aromatic carbocycles. The lowest BCUT2D eigenvalue weighted by Gasteiger charge is -2.20. The van der Waals surface area contributed by atoms with Gasteiger partial charge in [0.15, 0.2) is 17.4 Å². The fraction of sp³-hybridized carbons (Fsp3) is 0.0400. The topological polar surface area (TPSA) is 97.0 Å². The van der Waals surface area contributed by atoms with Crippen molar-refractivity contribution in [2.75, 3.05) is 12.4 Å². The molecule has 0 bridgehead atoms. The molecule has 0 saturated heterocycles. The van der Waals surface area contributed by atoms with Gasteiger partial charge in [0.1, 0.15) is 23.1 Å². The summed E-state index contributed by atoms with van der Waals surface area (Å²) in [4.78, 5) is 38.5. The lowest BCUT2D eigenvalue weighted by atomic mass is 9.83. The average Bonchev–Trinajstić information content (AvgIpc) is 3.21. The first-order valence-corrected chi connectivity index (χ1v) is 10.0. The SMILES string of the molecule is COc1ccc2[nH]c3c(Nc4cccc5c4C(=O)c4ccccc4C5=O)ncnc3c2c1. The van der Waals surface area contributed by atoms with Crippen LogP contribution in [-0.4, -0.2) is 33.6 Å². The van der Waals surface area contributed by atoms with Crippen LogP contribution >= 0.6 is 0 Å². The molecule has 0 atom stereocenters. The minimum Gasteiger partial charge on any atom is -0.497 e. The van der Waals surface area contributed by atoms with E-state index in [1.165, 1.54) is 6.33 Å². The minimum atomic E-state index is -0.190. The maximum Gasteiger partial charge on any atom is 0.196 e. The molecule has 0 amide bonds. The van der Waals surface area contributed by atoms with Gasteiger partial charge in [-0.05, 0) is 24.3 Å². The van der Waals surface area contributed by atoms with Gasteiger partial charge in [0.05, 0.1) is 18.4 Å². The zero-order valence-electron chi connectivity index (χ0n) is 17.0. The zero-order chi connectivity index (χ0) is 21.8. The molecule has 5 aromatic rings. The predicted octanol–water partition coefficient (Wildman–Crippen LogP) is 4.64. The number of hydrogen-bond donors (Lipinski definition) is 2. The van der Waals surface area contributed by atoms with Crippen LogP contribution in [0.15, 0.2) is 67.0 Å². The number of benzene rings is 3. The van der Waals surface area contributed by atoms with Crippen molar-refractivity contribution in [3.05, 3.63) is 89.2 Å². The van der Waals surface area contributed by atoms with Gasteiger partial charge in [0.25, 0.3) is 0 Å². The molecule has 32 heavy (non-hydrogen) atoms. The summed E-state index contributed by atoms with van der Waals surface area (Å²) in [7, 11) is 1.62. The van der Waals surface area contributed by atoms with Gasteiger partial charge >= 0.3 is 0 Å². The summed E-state index contributed by atoms with van der Waals surface area (Å²) in [5.41, 5.74) is 4.40. The summed E-state index contributed by atoms with van der Waals surface area (Å²) in [6.45, 7) is 0. The number of hydrogen-bond acceptors (Lipinski definition) is 6. The van der Waals surface area contributed by atoms with Crippen molar-refractivity contribution in [2.45, 2.75) is 0 Å². The third kappa shape index (κ3) is 2.54. The van der Waals surface area contributed by atoms with E-state index in [-0.39, 0.29) is 11.6 Å². The first kappa shape index (κ1) is 18.3. The monoisotopic (exact) mass is 420 g/mol. The van der Waals surface area contributed by atoms with Crippen molar-refractivity contribution in [3.8, 4) is 5.75 Å². The van der Waals surface area contributed by atoms with Crippen LogP contribution in [0, 0.1) is 0 Å². The highest BCUT2D eigenvalue weighted by Gasteiger charge is 2.31. The van der Waals surface area contributed by atoms with E-state index >= 15 is 0 Å². The van der Waals surface area contributed by atoms with Gasteiger partial charge in [0, 0.05) is 27.6 Å². The molecular formula is C25H16N4O3. The molecular weight excluding hydrogens is 404 g/mol. The third-order valence-corrected chi connectivity index (χ3v) is 5.79. The molecule has 0 aliphatic heterocycles. The van der Waals surface area contributed by atoms with Crippen LogP contribution in [0.2, 0.25) is 0 Å². The Labute approximate surface area is 182 Å². The summed E-state index contributed by atoms with van der Waals surface area (Å²) >= 11 is 0. The molecule has 0 spiro atoms. The standard InChI is InChI=1S/C25H16N4O3/c1-32-13-9-10-18-17(11-13)21-22(28-18)25(27-12-26-21)29-19-8-4-7-16-20(19)24(31)15-6-3-2-5-14(15)23(16)30/h2-12,28H,1H3,(H,26,27,29). The summed E-state index contributed by atoms with van der Waals surface area (Å²) < 4.78 is 5.34. The number of nitrogens with zero attached hydrogens (tertiary/aromatic N) is 2. The number of ether oxygens (including phenoxy) is 1. The quantitative estimate of drug-likeness (QED) is 0.433. The number of H-pyrrole nitrogens is 1. The van der Waals surface area contributed by atoms with Crippen LogP contribution in [-0.2, 0) is 0 Å². The van der Waals surface area contributed by atoms with Crippen molar-refractivity contribution in [2.24, 2.45) is 0 Å². The number of ketones is 2. The van der Waals surface area contributed by atoms with Crippen LogP contribution in [0.25, 0.3) is 21.9 Å². The van der Waals surface area contributed by atoms with Crippen molar-refractivity contribution < 1.29 is 14.3 Å². The lowest BCUT2D eigenvalue weighted by Crippen LogP contribution is -2.22. The van der Waals surface area contributed by atoms with Crippen LogP contribution in [0.3, 0.4) is 0 Å². The molecule has 7 nitrogen and oxygen atoms in total. The number of methoxy groups -OCH3 is 1. The molecule has 154 valence electrons. The molecule has 2 N–H and O–H groups in total. The highest BCUT2D eigenvalue weighted by molar-refractivity contribution is 6.30. The lowest BCUT2D eigenvalue weighted by molar-refractivity contribution is 0.0979. The van der Waals surface area contributed by atoms with Gasteiger partial charge in [-0.25, -0.2) is 9.97 Å². The fourth-order valence-corrected chi connectivity index (χ4v) is 4.27. The summed E-state index contributed by atoms with van der Waals surface area (Å²) in [6, 6.07) is 17.8. The van der Waals surface area contributed by atoms with Crippen molar-refractivity contribution in [1.82, 2.24) is 15.0 Å². The first-order valence-electron chi connectivity index (χ1n) is 10.0. The Kier molecular flexibility index (Phi) is 3.85. The first-order chi connectivity index (χ1) is 15.7. The van der Waals surface area contributed by atoms with Crippen molar-refractivity contribution in [1.29, 1.82) is 0 Å². The van der Waals surface area contributed by atoms with Gasteiger partial charge in [-0.2, -0.15) is 0 Å². The molecule has 0 radical (unpaired) electrons. The molecule has 0 unspecified atom stereocenters. The van der Waals surface area contributed by atoms with Gasteiger partial charge in [-0.1, -0.05) is 36.4 Å². The largest absolute Gasteiger partial charge is 0.497 e. The van der Waals surface area contributed by atoms with E-state index in [1.54, 1.807) is 49.6 Å². The Hall–Kier alpha value is -4.52. The number of rotatable bonds is 3. The summed E-state index contributed by atoms with van der Waals surface area (Å²) in [5, 5.41) is 4.16. The maximum absolute atomic E-state index is 13.3. The molecule has 7 heteroatoms. The number of carbonyl (C=O) groups excluding carboxylic acids is 2. The summed E-state index contributed by atoms with van der Waals surface area (Å²) in [5.74, 6) is 0.887. The Balaban J connectivity index is 1.51. The predicted molar refractivity (Wildman–Crippen MR) is 121 cm³/mol. The van der Waals surface area contributed by atoms with E-state index in [2.05, 4.69) is 20.3 Å². The second-order valence-electron chi connectivity index (χ2n) is 7.54. The van der Waals surface area contributed by atoms with Crippen LogP contribution in [0.1, 0.15) is 31.8 Å². The van der Waals surface area contributed by atoms with Crippen LogP contribution in [0.5, 0.6) is 5.75 Å². The second-order valence-corrected chi connectivity index (χ2v) is 7.54. The average molecular weight is 420 g/mol. The molecule has 2 aromatic heterocycles. The van der Waals surface area contributed by atoms with Gasteiger partial charge < -0.3 is 15.0 Å². The number of aromatic amines is 1. The van der Waals surface area contributed by atoms with Crippen LogP contribution in [0.4, 0.5) is 11.5 Å². The normalized spacial score (nSPS) is 12.7. The minimum absolute atomic E-state index is 0.163. The maximum atomic E-state index is 13.3. The van der Waals surface area contributed by atoms with E-state index in [0.29, 0.717) is 39.3 Å². The third-order valence-electron chi connectivity index (χ3n) is 5.79. The number of anilines is 2. The molecule has 0 saturated carbocycles. The van der Waals surface area contributed by atoms with E-state index in [4.69, 9.17) is 4.74 Å². The molecule has 1 aliphatic carbocycles. The van der Waals surface area contributed by atoms with Crippen molar-refractivity contribution in [3.63, 3.8) is 0 Å². The molecule has 0 fully saturated rings. The van der Waals surface area contributed by atoms with E-state index in [1.807, 2.05) is 18.2 Å². The summed E-state index contributed by atoms with van der Waals surface area (Å²) in [6.07, 6.45) is 1.47. The smallest absolute Gasteiger partial charge is 0.196 e. The Morgan fingerprint density at radius 3 is 2.47 bits per heavy atom. The second kappa shape index (κ2) is 6.75. The Morgan fingerprint density at radius 2 is 1.66 bits per heavy atom. The zero-order valence-corrected chi connectivity index (χ0v) is 17.0. The number of carbonyl (C=O) groups is 2. The van der Waals surface area contributed by atoms with Crippen LogP contribution < -0.4 is 10.1 Å². The van der Waals surface area contributed by atoms with Crippen molar-refractivity contribution >= 4 is 45.0 Å². The fourth-order valence-electron chi connectivity index (χ4n) is 4.27. The number of nitrogens with one attached hydrogen (secondary N) is 2. The molecule has 1 aliphatic rings. The van der Waals surface area contributed by atoms with Gasteiger partial charge in [0.2, 0.25) is 0 Å². The van der Waals surface area contributed by atoms with Gasteiger partial charge in [-0.3, -0.25) is 9.59 Å². The Bertz CT molecular complexity index is 1590. The van der Waals surface area contributed by atoms with Gasteiger partial charge in [-0.15, -0.1) is 0 Å².